The molecule has 1 aromatic carbocycles. The van der Waals surface area contributed by atoms with Crippen molar-refractivity contribution in [1.29, 1.82) is 0 Å². The molecule has 0 fully saturated rings. The van der Waals surface area contributed by atoms with E-state index in [0.29, 0.717) is 12.4 Å². The van der Waals surface area contributed by atoms with E-state index >= 15 is 0 Å². The standard InChI is InChI=1S/C10H10BrN3O/c11-8-4-2-1-3-7(8)6-14-9(12)5-10(15)13-14/h1-5H,6,12H2,(H,13,15). The monoisotopic (exact) mass is 267 g/mol. The summed E-state index contributed by atoms with van der Waals surface area (Å²) >= 11 is 3.44. The van der Waals surface area contributed by atoms with Crippen LogP contribution in [-0.2, 0) is 6.54 Å². The number of halogens is 1. The summed E-state index contributed by atoms with van der Waals surface area (Å²) in [5.41, 5.74) is 6.54. The van der Waals surface area contributed by atoms with Crippen LogP contribution in [-0.4, -0.2) is 9.78 Å². The van der Waals surface area contributed by atoms with E-state index in [0.717, 1.165) is 10.0 Å². The molecule has 0 aliphatic carbocycles. The number of nitrogens with two attached hydrogens (primary N) is 1. The van der Waals surface area contributed by atoms with Crippen molar-refractivity contribution in [2.75, 3.05) is 5.73 Å². The minimum atomic E-state index is -0.181. The second-order valence-electron chi connectivity index (χ2n) is 3.22. The van der Waals surface area contributed by atoms with E-state index in [1.165, 1.54) is 6.07 Å². The number of rotatable bonds is 2. The number of anilines is 1. The molecule has 0 atom stereocenters. The van der Waals surface area contributed by atoms with Gasteiger partial charge in [-0.1, -0.05) is 34.1 Å². The lowest BCUT2D eigenvalue weighted by atomic mass is 10.2. The Morgan fingerprint density at radius 3 is 2.73 bits per heavy atom. The summed E-state index contributed by atoms with van der Waals surface area (Å²) in [6.45, 7) is 0.551. The number of aromatic amines is 1. The van der Waals surface area contributed by atoms with Gasteiger partial charge in [-0.3, -0.25) is 14.6 Å². The number of nitrogens with zero attached hydrogens (tertiary/aromatic N) is 1. The molecule has 2 rings (SSSR count). The average molecular weight is 268 g/mol. The van der Waals surface area contributed by atoms with Crippen LogP contribution < -0.4 is 11.3 Å². The maximum absolute atomic E-state index is 11.0. The zero-order valence-electron chi connectivity index (χ0n) is 7.90. The second-order valence-corrected chi connectivity index (χ2v) is 4.08. The number of nitrogens with one attached hydrogen (secondary N) is 1. The molecule has 5 heteroatoms. The van der Waals surface area contributed by atoms with Crippen molar-refractivity contribution in [3.63, 3.8) is 0 Å². The lowest BCUT2D eigenvalue weighted by Gasteiger charge is -2.06. The molecule has 0 saturated carbocycles. The Bertz CT molecular complexity index is 529. The van der Waals surface area contributed by atoms with E-state index in [4.69, 9.17) is 5.73 Å². The SMILES string of the molecule is Nc1cc(=O)[nH]n1Cc1ccccc1Br. The smallest absolute Gasteiger partial charge is 0.266 e. The van der Waals surface area contributed by atoms with E-state index < -0.39 is 0 Å². The van der Waals surface area contributed by atoms with E-state index in [2.05, 4.69) is 21.0 Å². The Balaban J connectivity index is 2.33. The molecule has 0 bridgehead atoms. The molecule has 3 N–H and O–H groups in total. The van der Waals surface area contributed by atoms with Crippen molar-refractivity contribution in [2.24, 2.45) is 0 Å². The molecular formula is C10H10BrN3O. The number of benzene rings is 1. The van der Waals surface area contributed by atoms with E-state index in [1.54, 1.807) is 4.68 Å². The van der Waals surface area contributed by atoms with Gasteiger partial charge in [0.1, 0.15) is 5.82 Å². The Kier molecular flexibility index (Phi) is 2.64. The van der Waals surface area contributed by atoms with Crippen LogP contribution in [0.15, 0.2) is 39.6 Å². The summed E-state index contributed by atoms with van der Waals surface area (Å²) in [6.07, 6.45) is 0. The van der Waals surface area contributed by atoms with Crippen molar-refractivity contribution in [3.8, 4) is 0 Å². The zero-order chi connectivity index (χ0) is 10.8. The molecule has 15 heavy (non-hydrogen) atoms. The zero-order valence-corrected chi connectivity index (χ0v) is 9.49. The largest absolute Gasteiger partial charge is 0.384 e. The fourth-order valence-electron chi connectivity index (χ4n) is 1.37. The third-order valence-corrected chi connectivity index (χ3v) is 2.90. The quantitative estimate of drug-likeness (QED) is 0.868. The Morgan fingerprint density at radius 1 is 1.40 bits per heavy atom. The van der Waals surface area contributed by atoms with Crippen molar-refractivity contribution < 1.29 is 0 Å². The van der Waals surface area contributed by atoms with Crippen LogP contribution in [0.1, 0.15) is 5.56 Å². The summed E-state index contributed by atoms with van der Waals surface area (Å²) in [7, 11) is 0. The third kappa shape index (κ3) is 2.12. The fourth-order valence-corrected chi connectivity index (χ4v) is 1.78. The number of aromatic nitrogens is 2. The molecule has 0 aliphatic rings. The molecule has 1 heterocycles. The fraction of sp³-hybridized carbons (Fsp3) is 0.100. The highest BCUT2D eigenvalue weighted by molar-refractivity contribution is 9.10. The van der Waals surface area contributed by atoms with Crippen LogP contribution in [0, 0.1) is 0 Å². The number of hydrogen-bond donors (Lipinski definition) is 2. The lowest BCUT2D eigenvalue weighted by molar-refractivity contribution is 0.687. The first-order valence-electron chi connectivity index (χ1n) is 4.45. The molecule has 0 radical (unpaired) electrons. The van der Waals surface area contributed by atoms with Gasteiger partial charge >= 0.3 is 0 Å². The number of nitrogen functional groups attached to an aromatic ring is 1. The van der Waals surface area contributed by atoms with E-state index in [1.807, 2.05) is 24.3 Å². The minimum Gasteiger partial charge on any atom is -0.384 e. The summed E-state index contributed by atoms with van der Waals surface area (Å²) in [4.78, 5) is 11.0. The third-order valence-electron chi connectivity index (χ3n) is 2.12. The van der Waals surface area contributed by atoms with E-state index in [-0.39, 0.29) is 5.56 Å². The van der Waals surface area contributed by atoms with Gasteiger partial charge in [0.25, 0.3) is 5.56 Å². The lowest BCUT2D eigenvalue weighted by Crippen LogP contribution is -2.08. The summed E-state index contributed by atoms with van der Waals surface area (Å²) < 4.78 is 2.61. The summed E-state index contributed by atoms with van der Waals surface area (Å²) in [5.74, 6) is 0.441. The molecule has 4 nitrogen and oxygen atoms in total. The average Bonchev–Trinajstić information content (AvgIpc) is 2.49. The first-order chi connectivity index (χ1) is 7.16. The van der Waals surface area contributed by atoms with Gasteiger partial charge in [-0.15, -0.1) is 0 Å². The molecule has 0 aliphatic heterocycles. The molecule has 0 unspecified atom stereocenters. The predicted molar refractivity (Wildman–Crippen MR) is 62.7 cm³/mol. The minimum absolute atomic E-state index is 0.181. The summed E-state index contributed by atoms with van der Waals surface area (Å²) in [5, 5.41) is 2.64. The molecule has 78 valence electrons. The van der Waals surface area contributed by atoms with Crippen LogP contribution in [0.4, 0.5) is 5.82 Å². The van der Waals surface area contributed by atoms with Crippen LogP contribution in [0.5, 0.6) is 0 Å². The van der Waals surface area contributed by atoms with Crippen LogP contribution in [0.25, 0.3) is 0 Å². The van der Waals surface area contributed by atoms with Crippen molar-refractivity contribution in [2.45, 2.75) is 6.54 Å². The number of H-pyrrole nitrogens is 1. The Hall–Kier alpha value is -1.49. The molecular weight excluding hydrogens is 258 g/mol. The molecule has 0 amide bonds. The van der Waals surface area contributed by atoms with Crippen LogP contribution >= 0.6 is 15.9 Å². The van der Waals surface area contributed by atoms with Gasteiger partial charge in [-0.2, -0.15) is 0 Å². The van der Waals surface area contributed by atoms with Gasteiger partial charge in [0.05, 0.1) is 6.54 Å². The maximum atomic E-state index is 11.0. The highest BCUT2D eigenvalue weighted by atomic mass is 79.9. The second kappa shape index (κ2) is 3.94. The molecule has 2 aromatic rings. The van der Waals surface area contributed by atoms with Gasteiger partial charge in [-0.25, -0.2) is 0 Å². The van der Waals surface area contributed by atoms with Gasteiger partial charge in [-0.05, 0) is 11.6 Å². The van der Waals surface area contributed by atoms with Crippen molar-refractivity contribution in [1.82, 2.24) is 9.78 Å². The van der Waals surface area contributed by atoms with Crippen LogP contribution in [0.2, 0.25) is 0 Å². The maximum Gasteiger partial charge on any atom is 0.266 e. The van der Waals surface area contributed by atoms with Crippen molar-refractivity contribution in [3.05, 3.63) is 50.7 Å². The highest BCUT2D eigenvalue weighted by Gasteiger charge is 2.03. The molecule has 0 saturated heterocycles. The van der Waals surface area contributed by atoms with Crippen LogP contribution in [0.3, 0.4) is 0 Å². The van der Waals surface area contributed by atoms with Crippen molar-refractivity contribution >= 4 is 21.7 Å². The van der Waals surface area contributed by atoms with Gasteiger partial charge in [0.15, 0.2) is 0 Å². The topological polar surface area (TPSA) is 63.8 Å². The molecule has 1 aromatic heterocycles. The van der Waals surface area contributed by atoms with Gasteiger partial charge in [0.2, 0.25) is 0 Å². The van der Waals surface area contributed by atoms with Gasteiger partial charge < -0.3 is 5.73 Å². The number of hydrogen-bond acceptors (Lipinski definition) is 2. The Labute approximate surface area is 94.8 Å². The van der Waals surface area contributed by atoms with Gasteiger partial charge in [0, 0.05) is 10.5 Å². The summed E-state index contributed by atoms with van der Waals surface area (Å²) in [6, 6.07) is 9.18. The highest BCUT2D eigenvalue weighted by Crippen LogP contribution is 2.17. The Morgan fingerprint density at radius 2 is 2.13 bits per heavy atom. The van der Waals surface area contributed by atoms with E-state index in [9.17, 15) is 4.79 Å². The first-order valence-corrected chi connectivity index (χ1v) is 5.25. The predicted octanol–water partition coefficient (Wildman–Crippen LogP) is 1.57. The normalized spacial score (nSPS) is 10.5. The first kappa shape index (κ1) is 10.0. The molecule has 0 spiro atoms.